The molecule has 31 heavy (non-hydrogen) atoms. The molecule has 0 saturated carbocycles. The molecule has 4 rings (SSSR count). The highest BCUT2D eigenvalue weighted by Gasteiger charge is 2.38. The predicted octanol–water partition coefficient (Wildman–Crippen LogP) is 6.18. The lowest BCUT2D eigenvalue weighted by atomic mass is 10.0. The van der Waals surface area contributed by atoms with E-state index in [2.05, 4.69) is 44.8 Å². The Kier molecular flexibility index (Phi) is 7.21. The van der Waals surface area contributed by atoms with Gasteiger partial charge in [0, 0.05) is 26.5 Å². The smallest absolute Gasteiger partial charge is 0.317 e. The molecule has 0 aromatic heterocycles. The molecule has 0 bridgehead atoms. The maximum absolute atomic E-state index is 12.3. The Balaban J connectivity index is 0.000000185. The minimum atomic E-state index is -0.660. The number of fused-ring (bicyclic) bond motifs is 2. The summed E-state index contributed by atoms with van der Waals surface area (Å²) in [5.41, 5.74) is 8.16. The molecule has 2 aromatic carbocycles. The Labute approximate surface area is 200 Å². The van der Waals surface area contributed by atoms with Crippen molar-refractivity contribution in [1.82, 2.24) is 0 Å². The highest BCUT2D eigenvalue weighted by Crippen LogP contribution is 2.36. The van der Waals surface area contributed by atoms with Crippen molar-refractivity contribution in [3.63, 3.8) is 0 Å². The van der Waals surface area contributed by atoms with Crippen molar-refractivity contribution < 1.29 is 19.1 Å². The molecule has 0 radical (unpaired) electrons. The Morgan fingerprint density at radius 3 is 2.06 bits per heavy atom. The fourth-order valence-corrected chi connectivity index (χ4v) is 5.09. The number of carbonyl (C=O) groups is 3. The lowest BCUT2D eigenvalue weighted by Crippen LogP contribution is -2.23. The van der Waals surface area contributed by atoms with Crippen LogP contribution in [0.1, 0.15) is 67.4 Å². The average molecular weight is 550 g/mol. The number of aryl methyl sites for hydroxylation is 3. The lowest BCUT2D eigenvalue weighted by molar-refractivity contribution is -0.145. The molecule has 0 spiro atoms. The van der Waals surface area contributed by atoms with Gasteiger partial charge in [0.05, 0.1) is 6.61 Å². The van der Waals surface area contributed by atoms with Crippen LogP contribution in [0.2, 0.25) is 0 Å². The van der Waals surface area contributed by atoms with Gasteiger partial charge in [0.2, 0.25) is 0 Å². The summed E-state index contributed by atoms with van der Waals surface area (Å²) in [4.78, 5) is 35.6. The van der Waals surface area contributed by atoms with Crippen LogP contribution in [0.3, 0.4) is 0 Å². The zero-order valence-corrected chi connectivity index (χ0v) is 21.6. The van der Waals surface area contributed by atoms with Gasteiger partial charge < -0.3 is 4.74 Å². The van der Waals surface area contributed by atoms with Gasteiger partial charge in [0.25, 0.3) is 0 Å². The molecule has 0 heterocycles. The van der Waals surface area contributed by atoms with Gasteiger partial charge in [-0.25, -0.2) is 0 Å². The van der Waals surface area contributed by atoms with E-state index in [4.69, 9.17) is 4.74 Å². The Bertz CT molecular complexity index is 1100. The van der Waals surface area contributed by atoms with Crippen LogP contribution in [-0.2, 0) is 22.4 Å². The quantitative estimate of drug-likeness (QED) is 0.331. The largest absolute Gasteiger partial charge is 0.465 e. The molecule has 6 heteroatoms. The predicted molar refractivity (Wildman–Crippen MR) is 128 cm³/mol. The van der Waals surface area contributed by atoms with E-state index in [1.807, 2.05) is 26.8 Å². The van der Waals surface area contributed by atoms with Crippen molar-refractivity contribution in [3.05, 3.63) is 65.6 Å². The molecule has 164 valence electrons. The van der Waals surface area contributed by atoms with Gasteiger partial charge >= 0.3 is 5.97 Å². The molecule has 4 nitrogen and oxygen atoms in total. The Hall–Kier alpha value is -1.79. The van der Waals surface area contributed by atoms with Gasteiger partial charge in [0.15, 0.2) is 11.6 Å². The summed E-state index contributed by atoms with van der Waals surface area (Å²) in [6.45, 7) is 10.0. The van der Waals surface area contributed by atoms with E-state index in [0.29, 0.717) is 30.8 Å². The number of benzene rings is 2. The number of ketones is 2. The first-order valence-electron chi connectivity index (χ1n) is 10.4. The monoisotopic (exact) mass is 548 g/mol. The molecular weight excluding hydrogens is 524 g/mol. The molecule has 2 aromatic rings. The van der Waals surface area contributed by atoms with Gasteiger partial charge in [-0.3, -0.25) is 14.4 Å². The standard InChI is InChI=1S/C14H15BrO3.C11H11BrO/c1-4-18-14(17)10-6-9-5-7(2)12(15)8(3)11(9)13(10)16;1-6-5-8-3-4-9(13)10(8)7(2)11(6)12/h5,10H,4,6H2,1-3H3;5H,3-4H2,1-2H3. The number of esters is 1. The second-order valence-corrected chi connectivity index (χ2v) is 9.72. The number of rotatable bonds is 2. The lowest BCUT2D eigenvalue weighted by Gasteiger charge is -2.08. The fourth-order valence-electron chi connectivity index (χ4n) is 4.47. The van der Waals surface area contributed by atoms with E-state index in [9.17, 15) is 14.4 Å². The Morgan fingerprint density at radius 1 is 0.935 bits per heavy atom. The van der Waals surface area contributed by atoms with Crippen molar-refractivity contribution in [2.45, 2.75) is 53.9 Å². The normalized spacial score (nSPS) is 16.5. The fraction of sp³-hybridized carbons (Fsp3) is 0.400. The van der Waals surface area contributed by atoms with E-state index in [1.165, 1.54) is 11.1 Å². The van der Waals surface area contributed by atoms with Crippen LogP contribution in [0.25, 0.3) is 0 Å². The zero-order valence-electron chi connectivity index (χ0n) is 18.4. The SMILES string of the molecule is CCOC(=O)C1Cc2cc(C)c(Br)c(C)c2C1=O.Cc1cc2c(c(C)c1Br)C(=O)CC2. The summed E-state index contributed by atoms with van der Waals surface area (Å²) in [7, 11) is 0. The van der Waals surface area contributed by atoms with E-state index in [1.54, 1.807) is 6.92 Å². The van der Waals surface area contributed by atoms with E-state index < -0.39 is 11.9 Å². The summed E-state index contributed by atoms with van der Waals surface area (Å²) in [5, 5.41) is 0. The Morgan fingerprint density at radius 2 is 1.48 bits per heavy atom. The zero-order chi connectivity index (χ0) is 23.0. The number of ether oxygens (including phenoxy) is 1. The van der Waals surface area contributed by atoms with Crippen molar-refractivity contribution in [1.29, 1.82) is 0 Å². The number of hydrogen-bond acceptors (Lipinski definition) is 4. The first-order chi connectivity index (χ1) is 14.6. The highest BCUT2D eigenvalue weighted by molar-refractivity contribution is 9.10. The molecule has 1 atom stereocenters. The average Bonchev–Trinajstić information content (AvgIpc) is 3.25. The summed E-state index contributed by atoms with van der Waals surface area (Å²) in [5.74, 6) is -0.880. The van der Waals surface area contributed by atoms with E-state index in [0.717, 1.165) is 43.2 Å². The van der Waals surface area contributed by atoms with Crippen LogP contribution < -0.4 is 0 Å². The maximum atomic E-state index is 12.3. The number of hydrogen-bond donors (Lipinski definition) is 0. The van der Waals surface area contributed by atoms with Crippen LogP contribution in [0.15, 0.2) is 21.1 Å². The van der Waals surface area contributed by atoms with Crippen LogP contribution in [0.4, 0.5) is 0 Å². The van der Waals surface area contributed by atoms with Crippen molar-refractivity contribution in [2.75, 3.05) is 6.61 Å². The van der Waals surface area contributed by atoms with E-state index in [-0.39, 0.29) is 5.78 Å². The molecule has 1 unspecified atom stereocenters. The minimum Gasteiger partial charge on any atom is -0.465 e. The second kappa shape index (κ2) is 9.37. The minimum absolute atomic E-state index is 0.110. The summed E-state index contributed by atoms with van der Waals surface area (Å²) in [6, 6.07) is 4.10. The maximum Gasteiger partial charge on any atom is 0.317 e. The van der Waals surface area contributed by atoms with Gasteiger partial charge in [0.1, 0.15) is 5.92 Å². The topological polar surface area (TPSA) is 60.4 Å². The number of Topliss-reactive ketones (excluding diaryl/α,β-unsaturated/α-hetero) is 2. The molecule has 0 N–H and O–H groups in total. The third kappa shape index (κ3) is 4.42. The van der Waals surface area contributed by atoms with Gasteiger partial charge in [-0.15, -0.1) is 0 Å². The van der Waals surface area contributed by atoms with Crippen molar-refractivity contribution in [2.24, 2.45) is 5.92 Å². The summed E-state index contributed by atoms with van der Waals surface area (Å²) >= 11 is 6.99. The molecule has 0 saturated heterocycles. The summed E-state index contributed by atoms with van der Waals surface area (Å²) in [6.07, 6.45) is 2.07. The molecule has 2 aliphatic carbocycles. The first kappa shape index (κ1) is 23.9. The van der Waals surface area contributed by atoms with Crippen molar-refractivity contribution in [3.8, 4) is 0 Å². The first-order valence-corrected chi connectivity index (χ1v) is 12.0. The number of carbonyl (C=O) groups excluding carboxylic acids is 3. The van der Waals surface area contributed by atoms with Crippen LogP contribution in [0, 0.1) is 33.6 Å². The highest BCUT2D eigenvalue weighted by atomic mass is 79.9. The van der Waals surface area contributed by atoms with E-state index >= 15 is 0 Å². The molecular formula is C25H26Br2O4. The van der Waals surface area contributed by atoms with Gasteiger partial charge in [-0.2, -0.15) is 0 Å². The molecule has 0 aliphatic heterocycles. The summed E-state index contributed by atoms with van der Waals surface area (Å²) < 4.78 is 6.98. The number of halogens is 2. The second-order valence-electron chi connectivity index (χ2n) is 8.13. The molecule has 0 amide bonds. The van der Waals surface area contributed by atoms with Gasteiger partial charge in [-0.1, -0.05) is 44.0 Å². The third-order valence-corrected chi connectivity index (χ3v) is 8.42. The van der Waals surface area contributed by atoms with Crippen LogP contribution >= 0.6 is 31.9 Å². The third-order valence-electron chi connectivity index (χ3n) is 5.98. The van der Waals surface area contributed by atoms with Crippen molar-refractivity contribution >= 4 is 49.4 Å². The molecule has 2 aliphatic rings. The van der Waals surface area contributed by atoms with Crippen LogP contribution in [0.5, 0.6) is 0 Å². The van der Waals surface area contributed by atoms with Crippen LogP contribution in [-0.4, -0.2) is 24.1 Å². The molecule has 0 fully saturated rings. The van der Waals surface area contributed by atoms with Gasteiger partial charge in [-0.05, 0) is 80.8 Å².